The Hall–Kier alpha value is -2.42. The number of nitrogens with one attached hydrogen (secondary N) is 1. The van der Waals surface area contributed by atoms with Crippen molar-refractivity contribution in [2.75, 3.05) is 13.1 Å². The van der Waals surface area contributed by atoms with Gasteiger partial charge >= 0.3 is 0 Å². The van der Waals surface area contributed by atoms with Crippen LogP contribution in [0.1, 0.15) is 30.9 Å². The molecule has 0 fully saturated rings. The second-order valence-corrected chi connectivity index (χ2v) is 8.48. The Morgan fingerprint density at radius 2 is 1.90 bits per heavy atom. The van der Waals surface area contributed by atoms with Gasteiger partial charge in [0.2, 0.25) is 0 Å². The van der Waals surface area contributed by atoms with E-state index in [2.05, 4.69) is 5.32 Å². The minimum atomic E-state index is -0.860. The third-order valence-corrected chi connectivity index (χ3v) is 6.22. The van der Waals surface area contributed by atoms with E-state index in [1.165, 1.54) is 24.3 Å². The van der Waals surface area contributed by atoms with Gasteiger partial charge in [-0.15, -0.1) is 0 Å². The SMILES string of the molecule is C[C@]1([C@@H](O)CNC[C@H](O)[C@@H]2CCc3c(ccc(O)c3F)O2)CCc2cc(F)ccc2O1. The molecule has 0 aromatic heterocycles. The Morgan fingerprint density at radius 1 is 1.13 bits per heavy atom. The molecule has 31 heavy (non-hydrogen) atoms. The van der Waals surface area contributed by atoms with E-state index >= 15 is 0 Å². The molecule has 2 aliphatic rings. The highest BCUT2D eigenvalue weighted by molar-refractivity contribution is 5.43. The number of benzene rings is 2. The maximum atomic E-state index is 14.0. The van der Waals surface area contributed by atoms with E-state index in [-0.39, 0.29) is 18.9 Å². The molecule has 0 unspecified atom stereocenters. The van der Waals surface area contributed by atoms with Crippen molar-refractivity contribution in [2.24, 2.45) is 0 Å². The first kappa shape index (κ1) is 21.8. The molecule has 168 valence electrons. The number of hydrogen-bond donors (Lipinski definition) is 4. The van der Waals surface area contributed by atoms with Gasteiger partial charge in [-0.1, -0.05) is 0 Å². The summed E-state index contributed by atoms with van der Waals surface area (Å²) in [6.45, 7) is 2.18. The Kier molecular flexibility index (Phi) is 6.05. The van der Waals surface area contributed by atoms with Gasteiger partial charge in [-0.3, -0.25) is 0 Å². The van der Waals surface area contributed by atoms with Gasteiger partial charge < -0.3 is 30.1 Å². The van der Waals surface area contributed by atoms with Gasteiger partial charge in [-0.2, -0.15) is 0 Å². The number of aliphatic hydroxyl groups excluding tert-OH is 2. The molecule has 4 rings (SSSR count). The highest BCUT2D eigenvalue weighted by Gasteiger charge is 2.38. The van der Waals surface area contributed by atoms with Crippen molar-refractivity contribution < 1.29 is 33.6 Å². The number of ether oxygens (including phenoxy) is 2. The first-order valence-electron chi connectivity index (χ1n) is 10.5. The van der Waals surface area contributed by atoms with Crippen molar-refractivity contribution in [1.29, 1.82) is 0 Å². The third kappa shape index (κ3) is 4.46. The molecule has 6 nitrogen and oxygen atoms in total. The number of phenolic OH excluding ortho intramolecular Hbond substituents is 1. The second kappa shape index (κ2) is 8.61. The average molecular weight is 435 g/mol. The minimum Gasteiger partial charge on any atom is -0.505 e. The molecule has 0 saturated carbocycles. The molecule has 0 radical (unpaired) electrons. The second-order valence-electron chi connectivity index (χ2n) is 8.48. The van der Waals surface area contributed by atoms with Crippen LogP contribution in [0.3, 0.4) is 0 Å². The van der Waals surface area contributed by atoms with Crippen molar-refractivity contribution in [1.82, 2.24) is 5.32 Å². The van der Waals surface area contributed by atoms with Crippen molar-refractivity contribution in [2.45, 2.75) is 56.5 Å². The Bertz CT molecular complexity index is 956. The number of rotatable bonds is 6. The summed E-state index contributed by atoms with van der Waals surface area (Å²) >= 11 is 0. The van der Waals surface area contributed by atoms with Crippen LogP contribution in [0.2, 0.25) is 0 Å². The summed E-state index contributed by atoms with van der Waals surface area (Å²) in [6.07, 6.45) is -0.326. The summed E-state index contributed by atoms with van der Waals surface area (Å²) in [5.74, 6) is -0.514. The lowest BCUT2D eigenvalue weighted by atomic mass is 9.87. The predicted molar refractivity (Wildman–Crippen MR) is 109 cm³/mol. The Morgan fingerprint density at radius 3 is 2.71 bits per heavy atom. The van der Waals surface area contributed by atoms with Crippen molar-refractivity contribution in [3.8, 4) is 17.2 Å². The zero-order chi connectivity index (χ0) is 22.2. The fraction of sp³-hybridized carbons (Fsp3) is 0.478. The van der Waals surface area contributed by atoms with Gasteiger partial charge in [0.05, 0.1) is 0 Å². The first-order valence-corrected chi connectivity index (χ1v) is 10.5. The molecular formula is C23H27F2NO5. The van der Waals surface area contributed by atoms with Gasteiger partial charge in [0, 0.05) is 18.7 Å². The standard InChI is InChI=1S/C23H27F2NO5/c1-23(9-8-13-10-14(24)2-5-18(13)31-23)21(29)12-26-11-17(28)20-6-3-15-19(30-20)7-4-16(27)22(15)25/h2,4-5,7,10,17,20-21,26-29H,3,6,8-9,11-12H2,1H3/t17-,20-,21-,23+/m0/s1. The van der Waals surface area contributed by atoms with E-state index in [9.17, 15) is 24.1 Å². The predicted octanol–water partition coefficient (Wildman–Crippen LogP) is 2.46. The van der Waals surface area contributed by atoms with E-state index in [0.29, 0.717) is 42.7 Å². The Balaban J connectivity index is 1.29. The van der Waals surface area contributed by atoms with E-state index in [1.54, 1.807) is 6.07 Å². The number of aryl methyl sites for hydroxylation is 1. The monoisotopic (exact) mass is 435 g/mol. The number of aliphatic hydroxyl groups is 2. The maximum absolute atomic E-state index is 14.0. The summed E-state index contributed by atoms with van der Waals surface area (Å²) in [4.78, 5) is 0. The summed E-state index contributed by atoms with van der Waals surface area (Å²) in [6, 6.07) is 7.09. The van der Waals surface area contributed by atoms with Crippen molar-refractivity contribution >= 4 is 0 Å². The molecule has 0 saturated heterocycles. The van der Waals surface area contributed by atoms with Crippen LogP contribution in [0.25, 0.3) is 0 Å². The normalized spacial score (nSPS) is 24.4. The number of hydrogen-bond acceptors (Lipinski definition) is 6. The molecule has 2 aromatic rings. The van der Waals surface area contributed by atoms with E-state index in [0.717, 1.165) is 5.56 Å². The maximum Gasteiger partial charge on any atom is 0.171 e. The smallest absolute Gasteiger partial charge is 0.171 e. The van der Waals surface area contributed by atoms with Crippen LogP contribution in [-0.2, 0) is 12.8 Å². The fourth-order valence-electron chi connectivity index (χ4n) is 4.19. The van der Waals surface area contributed by atoms with Gasteiger partial charge in [-0.05, 0) is 68.5 Å². The van der Waals surface area contributed by atoms with Crippen molar-refractivity contribution in [3.05, 3.63) is 53.1 Å². The average Bonchev–Trinajstić information content (AvgIpc) is 2.76. The quantitative estimate of drug-likeness (QED) is 0.557. The number of fused-ring (bicyclic) bond motifs is 2. The highest BCUT2D eigenvalue weighted by atomic mass is 19.1. The van der Waals surface area contributed by atoms with E-state index in [4.69, 9.17) is 9.47 Å². The summed E-state index contributed by atoms with van der Waals surface area (Å²) < 4.78 is 39.0. The van der Waals surface area contributed by atoms with Crippen LogP contribution in [-0.4, -0.2) is 52.3 Å². The molecule has 4 N–H and O–H groups in total. The molecule has 0 spiro atoms. The minimum absolute atomic E-state index is 0.176. The lowest BCUT2D eigenvalue weighted by Gasteiger charge is -2.39. The van der Waals surface area contributed by atoms with Crippen LogP contribution in [0, 0.1) is 11.6 Å². The van der Waals surface area contributed by atoms with Gasteiger partial charge in [-0.25, -0.2) is 8.78 Å². The highest BCUT2D eigenvalue weighted by Crippen LogP contribution is 2.36. The summed E-state index contributed by atoms with van der Waals surface area (Å²) in [5, 5.41) is 33.7. The molecular weight excluding hydrogens is 408 g/mol. The third-order valence-electron chi connectivity index (χ3n) is 6.22. The zero-order valence-electron chi connectivity index (χ0n) is 17.3. The molecule has 0 aliphatic carbocycles. The van der Waals surface area contributed by atoms with Gasteiger partial charge in [0.1, 0.15) is 41.2 Å². The first-order chi connectivity index (χ1) is 14.8. The van der Waals surface area contributed by atoms with Crippen LogP contribution in [0.5, 0.6) is 17.2 Å². The lowest BCUT2D eigenvalue weighted by Crippen LogP contribution is -2.53. The molecule has 8 heteroatoms. The topological polar surface area (TPSA) is 91.2 Å². The molecule has 2 aromatic carbocycles. The zero-order valence-corrected chi connectivity index (χ0v) is 17.3. The van der Waals surface area contributed by atoms with Crippen LogP contribution in [0.4, 0.5) is 8.78 Å². The van der Waals surface area contributed by atoms with Gasteiger partial charge in [0.25, 0.3) is 0 Å². The number of phenols is 1. The Labute approximate surface area is 179 Å². The molecule has 0 amide bonds. The fourth-order valence-corrected chi connectivity index (χ4v) is 4.19. The van der Waals surface area contributed by atoms with Crippen LogP contribution in [0.15, 0.2) is 30.3 Å². The lowest BCUT2D eigenvalue weighted by molar-refractivity contribution is -0.0551. The molecule has 2 heterocycles. The van der Waals surface area contributed by atoms with E-state index < -0.39 is 35.5 Å². The number of aromatic hydroxyl groups is 1. The van der Waals surface area contributed by atoms with Gasteiger partial charge in [0.15, 0.2) is 11.6 Å². The van der Waals surface area contributed by atoms with E-state index in [1.807, 2.05) is 6.92 Å². The molecule has 2 aliphatic heterocycles. The summed E-state index contributed by atoms with van der Waals surface area (Å²) in [5.41, 5.74) is 0.268. The summed E-state index contributed by atoms with van der Waals surface area (Å²) in [7, 11) is 0. The molecule has 4 atom stereocenters. The van der Waals surface area contributed by atoms with Crippen LogP contribution >= 0.6 is 0 Å². The number of halogens is 2. The largest absolute Gasteiger partial charge is 0.505 e. The van der Waals surface area contributed by atoms with Crippen molar-refractivity contribution in [3.63, 3.8) is 0 Å². The molecule has 0 bridgehead atoms. The van der Waals surface area contributed by atoms with Crippen LogP contribution < -0.4 is 14.8 Å².